The Labute approximate surface area is 190 Å². The van der Waals surface area contributed by atoms with Gasteiger partial charge in [0.05, 0.1) is 18.2 Å². The number of fused-ring (bicyclic) bond motifs is 2. The van der Waals surface area contributed by atoms with Crippen LogP contribution in [0.5, 0.6) is 0 Å². The molecule has 0 spiro atoms. The van der Waals surface area contributed by atoms with E-state index in [1.807, 2.05) is 44.2 Å². The number of amides is 1. The Kier molecular flexibility index (Phi) is 6.05. The maximum absolute atomic E-state index is 12.6. The third kappa shape index (κ3) is 4.39. The second-order valence-electron chi connectivity index (χ2n) is 8.28. The first kappa shape index (κ1) is 22.3. The molecule has 33 heavy (non-hydrogen) atoms. The number of hydrogen-bond donors (Lipinski definition) is 2. The number of carbonyl (C=O) groups is 2. The summed E-state index contributed by atoms with van der Waals surface area (Å²) in [5, 5.41) is 13.3. The van der Waals surface area contributed by atoms with Crippen LogP contribution in [0.4, 0.5) is 0 Å². The minimum absolute atomic E-state index is 0.209. The third-order valence-electron chi connectivity index (χ3n) is 5.89. The molecule has 0 radical (unpaired) electrons. The van der Waals surface area contributed by atoms with Gasteiger partial charge in [0, 0.05) is 22.4 Å². The average molecular weight is 447 g/mol. The predicted molar refractivity (Wildman–Crippen MR) is 125 cm³/mol. The maximum atomic E-state index is 12.6. The largest absolute Gasteiger partial charge is 0.480 e. The van der Waals surface area contributed by atoms with Crippen LogP contribution in [0, 0.1) is 13.8 Å². The summed E-state index contributed by atoms with van der Waals surface area (Å²) in [5.41, 5.74) is 4.24. The monoisotopic (exact) mass is 447 g/mol. The number of aryl methyl sites for hydroxylation is 2. The Balaban J connectivity index is 1.74. The van der Waals surface area contributed by atoms with Crippen molar-refractivity contribution < 1.29 is 23.5 Å². The number of benzene rings is 2. The lowest BCUT2D eigenvalue weighted by atomic mass is 9.99. The van der Waals surface area contributed by atoms with E-state index in [9.17, 15) is 19.5 Å². The molecule has 0 aliphatic heterocycles. The first-order chi connectivity index (χ1) is 15.8. The lowest BCUT2D eigenvalue weighted by molar-refractivity contribution is -0.141. The summed E-state index contributed by atoms with van der Waals surface area (Å²) in [4.78, 5) is 36.5. The SMILES string of the molecule is CCCC(NC(=O)Cc1c(C)c2cc3c(-c4ccc(C)cc4)coc3cc2oc1=O)C(=O)O. The summed E-state index contributed by atoms with van der Waals surface area (Å²) < 4.78 is 11.2. The standard InChI is InChI=1S/C26H25NO6/c1-4-5-21(25(29)30)27-24(28)11-18-15(3)17-10-19-20(16-8-6-14(2)7-9-16)13-32-22(19)12-23(17)33-26(18)31/h6-10,12-13,21H,4-5,11H2,1-3H3,(H,27,28)(H,29,30). The molecule has 2 N–H and O–H groups in total. The van der Waals surface area contributed by atoms with E-state index in [2.05, 4.69) is 5.32 Å². The van der Waals surface area contributed by atoms with Gasteiger partial charge in [0.1, 0.15) is 17.2 Å². The van der Waals surface area contributed by atoms with Crippen LogP contribution in [0.3, 0.4) is 0 Å². The van der Waals surface area contributed by atoms with Gasteiger partial charge in [-0.2, -0.15) is 0 Å². The predicted octanol–water partition coefficient (Wildman–Crippen LogP) is 4.74. The molecule has 1 unspecified atom stereocenters. The van der Waals surface area contributed by atoms with Crippen molar-refractivity contribution in [3.63, 3.8) is 0 Å². The lowest BCUT2D eigenvalue weighted by Gasteiger charge is -2.14. The van der Waals surface area contributed by atoms with Crippen molar-refractivity contribution in [2.24, 2.45) is 0 Å². The van der Waals surface area contributed by atoms with Crippen LogP contribution in [0.15, 0.2) is 56.3 Å². The Morgan fingerprint density at radius 1 is 1.06 bits per heavy atom. The number of carbonyl (C=O) groups excluding carboxylic acids is 1. The van der Waals surface area contributed by atoms with Crippen LogP contribution in [0.2, 0.25) is 0 Å². The molecule has 1 amide bonds. The minimum Gasteiger partial charge on any atom is -0.480 e. The van der Waals surface area contributed by atoms with Crippen LogP contribution >= 0.6 is 0 Å². The summed E-state index contributed by atoms with van der Waals surface area (Å²) in [6, 6.07) is 10.7. The number of nitrogens with one attached hydrogen (secondary N) is 1. The number of aliphatic carboxylic acids is 1. The van der Waals surface area contributed by atoms with Gasteiger partial charge in [-0.05, 0) is 37.5 Å². The van der Waals surface area contributed by atoms with Crippen molar-refractivity contribution in [1.29, 1.82) is 0 Å². The van der Waals surface area contributed by atoms with Crippen LogP contribution in [0.1, 0.15) is 36.5 Å². The normalized spacial score (nSPS) is 12.2. The molecule has 0 fully saturated rings. The van der Waals surface area contributed by atoms with Gasteiger partial charge in [-0.15, -0.1) is 0 Å². The second-order valence-corrected chi connectivity index (χ2v) is 8.28. The van der Waals surface area contributed by atoms with E-state index in [1.165, 1.54) is 0 Å². The summed E-state index contributed by atoms with van der Waals surface area (Å²) in [6.45, 7) is 5.63. The first-order valence-corrected chi connectivity index (χ1v) is 10.8. The molecule has 170 valence electrons. The zero-order chi connectivity index (χ0) is 23.7. The summed E-state index contributed by atoms with van der Waals surface area (Å²) >= 11 is 0. The molecule has 0 saturated carbocycles. The van der Waals surface area contributed by atoms with E-state index >= 15 is 0 Å². The fourth-order valence-electron chi connectivity index (χ4n) is 4.02. The minimum atomic E-state index is -1.10. The molecule has 2 aromatic heterocycles. The Hall–Kier alpha value is -3.87. The molecule has 1 atom stereocenters. The van der Waals surface area contributed by atoms with Gasteiger partial charge in [-0.25, -0.2) is 9.59 Å². The molecular formula is C26H25NO6. The first-order valence-electron chi connectivity index (χ1n) is 10.8. The van der Waals surface area contributed by atoms with Crippen molar-refractivity contribution in [3.8, 4) is 11.1 Å². The van der Waals surface area contributed by atoms with Gasteiger partial charge in [0.25, 0.3) is 0 Å². The fourth-order valence-corrected chi connectivity index (χ4v) is 4.02. The molecule has 4 rings (SSSR count). The number of carboxylic acids is 1. The van der Waals surface area contributed by atoms with Gasteiger partial charge in [0.15, 0.2) is 0 Å². The Morgan fingerprint density at radius 3 is 2.45 bits per heavy atom. The third-order valence-corrected chi connectivity index (χ3v) is 5.89. The quantitative estimate of drug-likeness (QED) is 0.396. The van der Waals surface area contributed by atoms with E-state index in [0.29, 0.717) is 35.0 Å². The molecular weight excluding hydrogens is 422 g/mol. The van der Waals surface area contributed by atoms with Crippen LogP contribution in [0.25, 0.3) is 33.1 Å². The van der Waals surface area contributed by atoms with Gasteiger partial charge in [-0.1, -0.05) is 43.2 Å². The van der Waals surface area contributed by atoms with Crippen LogP contribution < -0.4 is 10.9 Å². The highest BCUT2D eigenvalue weighted by molar-refractivity contribution is 6.02. The molecule has 7 heteroatoms. The number of rotatable bonds is 7. The highest BCUT2D eigenvalue weighted by Crippen LogP contribution is 2.34. The highest BCUT2D eigenvalue weighted by Gasteiger charge is 2.22. The molecule has 0 bridgehead atoms. The zero-order valence-corrected chi connectivity index (χ0v) is 18.7. The van der Waals surface area contributed by atoms with Crippen LogP contribution in [-0.2, 0) is 16.0 Å². The fraction of sp³-hybridized carbons (Fsp3) is 0.269. The molecule has 0 aliphatic carbocycles. The van der Waals surface area contributed by atoms with Crippen LogP contribution in [-0.4, -0.2) is 23.0 Å². The molecule has 4 aromatic rings. The Morgan fingerprint density at radius 2 is 1.79 bits per heavy atom. The van der Waals surface area contributed by atoms with Crippen molar-refractivity contribution in [3.05, 3.63) is 69.8 Å². The van der Waals surface area contributed by atoms with Crippen molar-refractivity contribution >= 4 is 33.8 Å². The van der Waals surface area contributed by atoms with E-state index in [0.717, 1.165) is 22.1 Å². The number of hydrogen-bond acceptors (Lipinski definition) is 5. The number of carboxylic acid groups (broad SMARTS) is 1. The number of furan rings is 1. The molecule has 0 saturated heterocycles. The lowest BCUT2D eigenvalue weighted by Crippen LogP contribution is -2.41. The zero-order valence-electron chi connectivity index (χ0n) is 18.7. The van der Waals surface area contributed by atoms with E-state index in [1.54, 1.807) is 19.3 Å². The highest BCUT2D eigenvalue weighted by atomic mass is 16.4. The van der Waals surface area contributed by atoms with Gasteiger partial charge < -0.3 is 19.3 Å². The maximum Gasteiger partial charge on any atom is 0.340 e. The van der Waals surface area contributed by atoms with Crippen molar-refractivity contribution in [2.75, 3.05) is 0 Å². The molecule has 2 heterocycles. The van der Waals surface area contributed by atoms with E-state index in [-0.39, 0.29) is 12.0 Å². The second kappa shape index (κ2) is 8.94. The van der Waals surface area contributed by atoms with E-state index < -0.39 is 23.5 Å². The average Bonchev–Trinajstić information content (AvgIpc) is 3.18. The summed E-state index contributed by atoms with van der Waals surface area (Å²) in [5.74, 6) is -1.63. The van der Waals surface area contributed by atoms with Crippen molar-refractivity contribution in [2.45, 2.75) is 46.1 Å². The summed E-state index contributed by atoms with van der Waals surface area (Å²) in [7, 11) is 0. The van der Waals surface area contributed by atoms with Gasteiger partial charge >= 0.3 is 11.6 Å². The van der Waals surface area contributed by atoms with Gasteiger partial charge in [0.2, 0.25) is 5.91 Å². The molecule has 7 nitrogen and oxygen atoms in total. The topological polar surface area (TPSA) is 110 Å². The Bertz CT molecular complexity index is 1410. The summed E-state index contributed by atoms with van der Waals surface area (Å²) in [6.07, 6.45) is 2.34. The van der Waals surface area contributed by atoms with Gasteiger partial charge in [-0.3, -0.25) is 4.79 Å². The molecule has 2 aromatic carbocycles. The van der Waals surface area contributed by atoms with Crippen molar-refractivity contribution in [1.82, 2.24) is 5.32 Å². The molecule has 0 aliphatic rings. The smallest absolute Gasteiger partial charge is 0.340 e. The van der Waals surface area contributed by atoms with E-state index in [4.69, 9.17) is 8.83 Å².